The average Bonchev–Trinajstić information content (AvgIpc) is 2.22. The zero-order valence-electron chi connectivity index (χ0n) is 9.82. The van der Waals surface area contributed by atoms with E-state index in [9.17, 15) is 0 Å². The lowest BCUT2D eigenvalue weighted by Gasteiger charge is -2.07. The molecular formula is C11H19BO3. The summed E-state index contributed by atoms with van der Waals surface area (Å²) in [6.07, 6.45) is 5.90. The quantitative estimate of drug-likeness (QED) is 0.413. The van der Waals surface area contributed by atoms with Gasteiger partial charge in [0.15, 0.2) is 0 Å². The zero-order valence-corrected chi connectivity index (χ0v) is 9.82. The highest BCUT2D eigenvalue weighted by Crippen LogP contribution is 2.13. The van der Waals surface area contributed by atoms with E-state index in [4.69, 9.17) is 14.8 Å². The lowest BCUT2D eigenvalue weighted by atomic mass is 9.78. The highest BCUT2D eigenvalue weighted by molar-refractivity contribution is 6.51. The molecule has 0 aromatic heterocycles. The number of rotatable bonds is 5. The zero-order chi connectivity index (χ0) is 11.8. The minimum absolute atomic E-state index is 0.419. The van der Waals surface area contributed by atoms with Gasteiger partial charge >= 0.3 is 7.12 Å². The Labute approximate surface area is 91.9 Å². The van der Waals surface area contributed by atoms with E-state index in [1.165, 1.54) is 0 Å². The van der Waals surface area contributed by atoms with E-state index in [0.29, 0.717) is 11.2 Å². The molecule has 84 valence electrons. The molecule has 2 N–H and O–H groups in total. The van der Waals surface area contributed by atoms with Gasteiger partial charge in [-0.25, -0.2) is 0 Å². The van der Waals surface area contributed by atoms with Crippen molar-refractivity contribution in [2.45, 2.75) is 27.2 Å². The summed E-state index contributed by atoms with van der Waals surface area (Å²) in [7, 11) is 0.0955. The Morgan fingerprint density at radius 1 is 1.40 bits per heavy atom. The van der Waals surface area contributed by atoms with Gasteiger partial charge in [0.25, 0.3) is 0 Å². The minimum atomic E-state index is -1.48. The van der Waals surface area contributed by atoms with Crippen molar-refractivity contribution in [1.29, 1.82) is 0 Å². The third-order valence-corrected chi connectivity index (χ3v) is 2.13. The van der Waals surface area contributed by atoms with Crippen molar-refractivity contribution >= 4 is 7.12 Å². The van der Waals surface area contributed by atoms with Crippen LogP contribution in [0.3, 0.4) is 0 Å². The molecule has 0 saturated heterocycles. The second-order valence-electron chi connectivity index (χ2n) is 3.22. The molecule has 0 rings (SSSR count). The van der Waals surface area contributed by atoms with Gasteiger partial charge in [0.05, 0.1) is 7.11 Å². The van der Waals surface area contributed by atoms with Crippen molar-refractivity contribution in [3.05, 3.63) is 35.0 Å². The first-order chi connectivity index (χ1) is 7.06. The lowest BCUT2D eigenvalue weighted by Crippen LogP contribution is -2.14. The molecule has 0 radical (unpaired) electrons. The van der Waals surface area contributed by atoms with Gasteiger partial charge in [0.2, 0.25) is 0 Å². The van der Waals surface area contributed by atoms with E-state index < -0.39 is 7.12 Å². The SMILES string of the molecule is C\C=C/C(=C\C(OC)=C(/C)CC)B(O)O. The van der Waals surface area contributed by atoms with Crippen LogP contribution < -0.4 is 0 Å². The van der Waals surface area contributed by atoms with Crippen LogP contribution in [0, 0.1) is 0 Å². The van der Waals surface area contributed by atoms with Crippen molar-refractivity contribution in [1.82, 2.24) is 0 Å². The smallest absolute Gasteiger partial charge is 0.488 e. The van der Waals surface area contributed by atoms with Crippen molar-refractivity contribution < 1.29 is 14.8 Å². The van der Waals surface area contributed by atoms with E-state index in [-0.39, 0.29) is 0 Å². The molecule has 0 atom stereocenters. The Kier molecular flexibility index (Phi) is 6.83. The molecule has 0 aliphatic rings. The summed E-state index contributed by atoms with van der Waals surface area (Å²) in [4.78, 5) is 0. The third kappa shape index (κ3) is 4.86. The van der Waals surface area contributed by atoms with Crippen molar-refractivity contribution in [3.63, 3.8) is 0 Å². The monoisotopic (exact) mass is 210 g/mol. The van der Waals surface area contributed by atoms with Crippen LogP contribution >= 0.6 is 0 Å². The normalized spacial score (nSPS) is 14.1. The summed E-state index contributed by atoms with van der Waals surface area (Å²) >= 11 is 0. The van der Waals surface area contributed by atoms with Crippen molar-refractivity contribution in [3.8, 4) is 0 Å². The van der Waals surface area contributed by atoms with E-state index in [1.807, 2.05) is 20.8 Å². The summed E-state index contributed by atoms with van der Waals surface area (Å²) in [5, 5.41) is 18.2. The van der Waals surface area contributed by atoms with Gasteiger partial charge in [-0.1, -0.05) is 19.1 Å². The summed E-state index contributed by atoms with van der Waals surface area (Å²) < 4.78 is 5.18. The predicted octanol–water partition coefficient (Wildman–Crippen LogP) is 1.83. The maximum atomic E-state index is 9.10. The van der Waals surface area contributed by atoms with E-state index >= 15 is 0 Å². The van der Waals surface area contributed by atoms with Crippen LogP contribution in [0.2, 0.25) is 0 Å². The lowest BCUT2D eigenvalue weighted by molar-refractivity contribution is 0.300. The molecule has 0 saturated carbocycles. The number of hydrogen-bond acceptors (Lipinski definition) is 3. The Morgan fingerprint density at radius 3 is 2.33 bits per heavy atom. The number of methoxy groups -OCH3 is 1. The minimum Gasteiger partial charge on any atom is -0.497 e. The molecule has 0 aromatic rings. The second-order valence-corrected chi connectivity index (χ2v) is 3.22. The summed E-state index contributed by atoms with van der Waals surface area (Å²) in [5.41, 5.74) is 1.49. The maximum Gasteiger partial charge on any atom is 0.488 e. The topological polar surface area (TPSA) is 49.7 Å². The van der Waals surface area contributed by atoms with Gasteiger partial charge in [0, 0.05) is 0 Å². The van der Waals surface area contributed by atoms with Gasteiger partial charge in [-0.3, -0.25) is 0 Å². The Morgan fingerprint density at radius 2 is 2.00 bits per heavy atom. The van der Waals surface area contributed by atoms with Crippen LogP contribution in [0.1, 0.15) is 27.2 Å². The number of allylic oxidation sites excluding steroid dienone is 5. The molecule has 3 nitrogen and oxygen atoms in total. The van der Waals surface area contributed by atoms with Gasteiger partial charge in [0.1, 0.15) is 5.76 Å². The standard InChI is InChI=1S/C11H19BO3/c1-5-7-10(12(13)14)8-11(15-4)9(3)6-2/h5,7-8,13-14H,6H2,1-4H3/b7-5-,10-8+,11-9-. The first-order valence-corrected chi connectivity index (χ1v) is 5.00. The molecule has 0 unspecified atom stereocenters. The van der Waals surface area contributed by atoms with Gasteiger partial charge in [-0.2, -0.15) is 0 Å². The maximum absolute atomic E-state index is 9.10. The molecular weight excluding hydrogens is 191 g/mol. The first-order valence-electron chi connectivity index (χ1n) is 5.00. The predicted molar refractivity (Wildman–Crippen MR) is 63.1 cm³/mol. The molecule has 15 heavy (non-hydrogen) atoms. The van der Waals surface area contributed by atoms with E-state index in [2.05, 4.69) is 0 Å². The van der Waals surface area contributed by atoms with Crippen LogP contribution in [-0.4, -0.2) is 24.3 Å². The summed E-state index contributed by atoms with van der Waals surface area (Å²) in [6, 6.07) is 0. The number of hydrogen-bond donors (Lipinski definition) is 2. The summed E-state index contributed by atoms with van der Waals surface area (Å²) in [6.45, 7) is 5.79. The van der Waals surface area contributed by atoms with Gasteiger partial charge < -0.3 is 14.8 Å². The molecule has 0 bridgehead atoms. The van der Waals surface area contributed by atoms with Crippen molar-refractivity contribution in [2.24, 2.45) is 0 Å². The van der Waals surface area contributed by atoms with Gasteiger partial charge in [-0.05, 0) is 37.4 Å². The molecule has 0 heterocycles. The van der Waals surface area contributed by atoms with Crippen molar-refractivity contribution in [2.75, 3.05) is 7.11 Å². The van der Waals surface area contributed by atoms with Gasteiger partial charge in [-0.15, -0.1) is 0 Å². The molecule has 4 heteroatoms. The molecule has 0 aromatic carbocycles. The fourth-order valence-corrected chi connectivity index (χ4v) is 1.08. The van der Waals surface area contributed by atoms with Crippen LogP contribution in [0.5, 0.6) is 0 Å². The Balaban J connectivity index is 5.10. The van der Waals surface area contributed by atoms with Crippen LogP contribution in [-0.2, 0) is 4.74 Å². The average molecular weight is 210 g/mol. The number of ether oxygens (including phenoxy) is 1. The Hall–Kier alpha value is -0.995. The first kappa shape index (κ1) is 14.0. The molecule has 0 fully saturated rings. The third-order valence-electron chi connectivity index (χ3n) is 2.13. The highest BCUT2D eigenvalue weighted by Gasteiger charge is 2.12. The molecule has 0 aliphatic heterocycles. The fourth-order valence-electron chi connectivity index (χ4n) is 1.08. The molecule has 0 aliphatic carbocycles. The second kappa shape index (κ2) is 7.32. The Bertz CT molecular complexity index is 278. The van der Waals surface area contributed by atoms with Crippen LogP contribution in [0.25, 0.3) is 0 Å². The molecule has 0 amide bonds. The highest BCUT2D eigenvalue weighted by atomic mass is 16.5. The largest absolute Gasteiger partial charge is 0.497 e. The summed E-state index contributed by atoms with van der Waals surface area (Å²) in [5.74, 6) is 0.679. The van der Waals surface area contributed by atoms with Crippen LogP contribution in [0.4, 0.5) is 0 Å². The fraction of sp³-hybridized carbons (Fsp3) is 0.455. The van der Waals surface area contributed by atoms with Crippen LogP contribution in [0.15, 0.2) is 35.0 Å². The molecule has 0 spiro atoms. The van der Waals surface area contributed by atoms with E-state index in [1.54, 1.807) is 25.3 Å². The van der Waals surface area contributed by atoms with E-state index in [0.717, 1.165) is 12.0 Å².